The maximum Gasteiger partial charge on any atom is 0.242 e. The molecule has 0 saturated heterocycles. The molecule has 0 radical (unpaired) electrons. The summed E-state index contributed by atoms with van der Waals surface area (Å²) in [5.41, 5.74) is 0. The molecule has 0 fully saturated rings. The van der Waals surface area contributed by atoms with Crippen LogP contribution in [0.3, 0.4) is 0 Å². The minimum Gasteiger partial charge on any atom is -0.357 e. The van der Waals surface area contributed by atoms with Gasteiger partial charge in [-0.05, 0) is 24.4 Å². The van der Waals surface area contributed by atoms with Crippen LogP contribution in [0.4, 0.5) is 5.82 Å². The van der Waals surface area contributed by atoms with Gasteiger partial charge in [-0.2, -0.15) is 4.98 Å². The lowest BCUT2D eigenvalue weighted by molar-refractivity contribution is -0.121. The molecule has 18 heavy (non-hydrogen) atoms. The highest BCUT2D eigenvalue weighted by Gasteiger charge is 2.15. The zero-order chi connectivity index (χ0) is 13.7. The number of rotatable bonds is 5. The summed E-state index contributed by atoms with van der Waals surface area (Å²) in [5, 5.41) is 6.11. The van der Waals surface area contributed by atoms with Crippen LogP contribution in [-0.4, -0.2) is 28.5 Å². The number of aromatic nitrogens is 2. The van der Waals surface area contributed by atoms with E-state index in [0.717, 1.165) is 0 Å². The number of hydrogen-bond acceptors (Lipinski definition) is 4. The van der Waals surface area contributed by atoms with Crippen LogP contribution in [-0.2, 0) is 4.79 Å². The van der Waals surface area contributed by atoms with Gasteiger partial charge in [0.15, 0.2) is 5.82 Å². The van der Waals surface area contributed by atoms with Gasteiger partial charge in [0.25, 0.3) is 0 Å². The van der Waals surface area contributed by atoms with Gasteiger partial charge < -0.3 is 10.6 Å². The molecule has 5 nitrogen and oxygen atoms in total. The molecule has 1 heterocycles. The molecule has 0 aromatic carbocycles. The zero-order valence-electron chi connectivity index (χ0n) is 10.5. The van der Waals surface area contributed by atoms with Gasteiger partial charge in [0, 0.05) is 6.54 Å². The van der Waals surface area contributed by atoms with Crippen LogP contribution in [0.25, 0.3) is 0 Å². The van der Waals surface area contributed by atoms with Gasteiger partial charge in [-0.1, -0.05) is 25.4 Å². The fourth-order valence-electron chi connectivity index (χ4n) is 1.18. The van der Waals surface area contributed by atoms with E-state index in [9.17, 15) is 4.79 Å². The van der Waals surface area contributed by atoms with E-state index >= 15 is 0 Å². The third-order valence-electron chi connectivity index (χ3n) is 2.15. The van der Waals surface area contributed by atoms with E-state index in [1.165, 1.54) is 6.20 Å². The Morgan fingerprint density at radius 3 is 2.67 bits per heavy atom. The second kappa shape index (κ2) is 6.75. The number of anilines is 1. The molecule has 2 N–H and O–H groups in total. The first-order valence-electron chi connectivity index (χ1n) is 5.62. The number of amides is 1. The molecule has 0 aliphatic heterocycles. The Hall–Kier alpha value is -1.07. The Bertz CT molecular complexity index is 426. The molecule has 100 valence electrons. The van der Waals surface area contributed by atoms with Gasteiger partial charge >= 0.3 is 0 Å². The maximum absolute atomic E-state index is 11.8. The van der Waals surface area contributed by atoms with Crippen molar-refractivity contribution in [2.75, 3.05) is 11.9 Å². The van der Waals surface area contributed by atoms with Crippen molar-refractivity contribution >= 4 is 34.9 Å². The van der Waals surface area contributed by atoms with Crippen LogP contribution in [0.1, 0.15) is 20.8 Å². The van der Waals surface area contributed by atoms with Crippen LogP contribution < -0.4 is 10.6 Å². The van der Waals surface area contributed by atoms with Crippen molar-refractivity contribution in [1.82, 2.24) is 15.3 Å². The monoisotopic (exact) mass is 290 g/mol. The van der Waals surface area contributed by atoms with Crippen molar-refractivity contribution in [3.8, 4) is 0 Å². The summed E-state index contributed by atoms with van der Waals surface area (Å²) in [6.45, 7) is 6.41. The Labute approximate surface area is 116 Å². The fraction of sp³-hybridized carbons (Fsp3) is 0.545. The third-order valence-corrected chi connectivity index (χ3v) is 2.60. The lowest BCUT2D eigenvalue weighted by Gasteiger charge is -2.16. The highest BCUT2D eigenvalue weighted by atomic mass is 35.5. The molecular formula is C11H16Cl2N4O. The third kappa shape index (κ3) is 4.66. The van der Waals surface area contributed by atoms with E-state index in [2.05, 4.69) is 20.6 Å². The zero-order valence-corrected chi connectivity index (χ0v) is 12.0. The summed E-state index contributed by atoms with van der Waals surface area (Å²) >= 11 is 11.6. The van der Waals surface area contributed by atoms with Gasteiger partial charge in [-0.25, -0.2) is 4.98 Å². The summed E-state index contributed by atoms with van der Waals surface area (Å²) in [6, 6.07) is -0.452. The Morgan fingerprint density at radius 2 is 2.06 bits per heavy atom. The van der Waals surface area contributed by atoms with Crippen LogP contribution in [0, 0.1) is 5.92 Å². The van der Waals surface area contributed by atoms with Gasteiger partial charge in [0.2, 0.25) is 11.2 Å². The molecule has 1 aromatic rings. The van der Waals surface area contributed by atoms with Crippen molar-refractivity contribution in [2.24, 2.45) is 5.92 Å². The van der Waals surface area contributed by atoms with E-state index in [1.807, 2.05) is 13.8 Å². The molecule has 0 spiro atoms. The minimum atomic E-state index is -0.452. The lowest BCUT2D eigenvalue weighted by atomic mass is 10.2. The number of halogens is 2. The van der Waals surface area contributed by atoms with Gasteiger partial charge in [0.1, 0.15) is 11.1 Å². The number of nitrogens with one attached hydrogen (secondary N) is 2. The highest BCUT2D eigenvalue weighted by molar-refractivity contribution is 6.33. The first kappa shape index (κ1) is 15.0. The molecule has 0 bridgehead atoms. The SMILES string of the molecule is CC(C)CNC(=O)C(C)Nc1nc(Cl)ncc1Cl. The molecule has 0 saturated carbocycles. The second-order valence-electron chi connectivity index (χ2n) is 4.34. The van der Waals surface area contributed by atoms with Crippen molar-refractivity contribution in [1.29, 1.82) is 0 Å². The molecular weight excluding hydrogens is 275 g/mol. The van der Waals surface area contributed by atoms with Gasteiger partial charge in [-0.15, -0.1) is 0 Å². The molecule has 1 atom stereocenters. The van der Waals surface area contributed by atoms with E-state index in [1.54, 1.807) is 6.92 Å². The van der Waals surface area contributed by atoms with Crippen molar-refractivity contribution in [3.05, 3.63) is 16.5 Å². The van der Waals surface area contributed by atoms with Crippen LogP contribution in [0.15, 0.2) is 6.20 Å². The first-order chi connectivity index (χ1) is 8.40. The topological polar surface area (TPSA) is 66.9 Å². The van der Waals surface area contributed by atoms with Gasteiger partial charge in [-0.3, -0.25) is 4.79 Å². The Kier molecular flexibility index (Phi) is 5.62. The molecule has 0 aliphatic rings. The number of nitrogens with zero attached hydrogens (tertiary/aromatic N) is 2. The van der Waals surface area contributed by atoms with E-state index in [4.69, 9.17) is 23.2 Å². The van der Waals surface area contributed by atoms with Gasteiger partial charge in [0.05, 0.1) is 6.20 Å². The second-order valence-corrected chi connectivity index (χ2v) is 5.09. The predicted octanol–water partition coefficient (Wildman–Crippen LogP) is 2.36. The standard InChI is InChI=1S/C11H16Cl2N4O/c1-6(2)4-14-10(18)7(3)16-9-8(12)5-15-11(13)17-9/h5-7H,4H2,1-3H3,(H,14,18)(H,15,16,17). The fourth-order valence-corrected chi connectivity index (χ4v) is 1.45. The summed E-state index contributed by atoms with van der Waals surface area (Å²) in [4.78, 5) is 19.4. The number of carbonyl (C=O) groups is 1. The highest BCUT2D eigenvalue weighted by Crippen LogP contribution is 2.19. The smallest absolute Gasteiger partial charge is 0.242 e. The van der Waals surface area contributed by atoms with E-state index in [0.29, 0.717) is 23.3 Å². The number of hydrogen-bond donors (Lipinski definition) is 2. The quantitative estimate of drug-likeness (QED) is 0.817. The lowest BCUT2D eigenvalue weighted by Crippen LogP contribution is -2.39. The molecule has 1 rings (SSSR count). The van der Waals surface area contributed by atoms with Crippen molar-refractivity contribution < 1.29 is 4.79 Å². The average molecular weight is 291 g/mol. The molecule has 1 amide bonds. The minimum absolute atomic E-state index is 0.0803. The van der Waals surface area contributed by atoms with Crippen LogP contribution in [0.2, 0.25) is 10.3 Å². The van der Waals surface area contributed by atoms with E-state index < -0.39 is 6.04 Å². The number of carbonyl (C=O) groups excluding carboxylic acids is 1. The summed E-state index contributed by atoms with van der Waals surface area (Å²) in [7, 11) is 0. The molecule has 7 heteroatoms. The largest absolute Gasteiger partial charge is 0.357 e. The summed E-state index contributed by atoms with van der Waals surface area (Å²) < 4.78 is 0. The van der Waals surface area contributed by atoms with Crippen LogP contribution >= 0.6 is 23.2 Å². The van der Waals surface area contributed by atoms with Crippen molar-refractivity contribution in [2.45, 2.75) is 26.8 Å². The summed E-state index contributed by atoms with van der Waals surface area (Å²) in [6.07, 6.45) is 1.39. The predicted molar refractivity (Wildman–Crippen MR) is 73.0 cm³/mol. The normalized spacial score (nSPS) is 12.3. The average Bonchev–Trinajstić information content (AvgIpc) is 2.30. The van der Waals surface area contributed by atoms with E-state index in [-0.39, 0.29) is 11.2 Å². The summed E-state index contributed by atoms with van der Waals surface area (Å²) in [5.74, 6) is 0.636. The molecule has 0 aliphatic carbocycles. The van der Waals surface area contributed by atoms with Crippen LogP contribution in [0.5, 0.6) is 0 Å². The van der Waals surface area contributed by atoms with Crippen molar-refractivity contribution in [3.63, 3.8) is 0 Å². The first-order valence-corrected chi connectivity index (χ1v) is 6.38. The molecule has 1 unspecified atom stereocenters. The Balaban J connectivity index is 2.60. The molecule has 1 aromatic heterocycles. The maximum atomic E-state index is 11.8. The Morgan fingerprint density at radius 1 is 1.39 bits per heavy atom.